The van der Waals surface area contributed by atoms with E-state index in [4.69, 9.17) is 11.6 Å². The number of carbonyl (C=O) groups is 2. The number of benzene rings is 2. The second-order valence-electron chi connectivity index (χ2n) is 10.1. The van der Waals surface area contributed by atoms with Crippen LogP contribution in [0.1, 0.15) is 62.8 Å². The van der Waals surface area contributed by atoms with Gasteiger partial charge in [-0.15, -0.1) is 0 Å². The van der Waals surface area contributed by atoms with Gasteiger partial charge >= 0.3 is 6.18 Å². The van der Waals surface area contributed by atoms with Gasteiger partial charge < -0.3 is 0 Å². The summed E-state index contributed by atoms with van der Waals surface area (Å²) in [6.07, 6.45) is -2.86. The summed E-state index contributed by atoms with van der Waals surface area (Å²) in [5.41, 5.74) is 1.23. The third-order valence-electron chi connectivity index (χ3n) is 6.80. The van der Waals surface area contributed by atoms with Gasteiger partial charge in [-0.2, -0.15) is 13.2 Å². The third kappa shape index (κ3) is 4.42. The first-order valence-corrected chi connectivity index (χ1v) is 12.1. The van der Waals surface area contributed by atoms with Gasteiger partial charge in [0, 0.05) is 10.6 Å². The van der Waals surface area contributed by atoms with E-state index >= 15 is 0 Å². The fourth-order valence-corrected chi connectivity index (χ4v) is 5.69. The number of hydrogen-bond acceptors (Lipinski definition) is 3. The quantitative estimate of drug-likeness (QED) is 0.440. The molecule has 8 heteroatoms. The molecule has 0 bridgehead atoms. The molecule has 33 heavy (non-hydrogen) atoms. The topological polar surface area (TPSA) is 37.4 Å². The number of imide groups is 1. The second-order valence-corrected chi connectivity index (χ2v) is 11.4. The van der Waals surface area contributed by atoms with E-state index in [2.05, 4.69) is 13.8 Å². The second kappa shape index (κ2) is 8.05. The van der Waals surface area contributed by atoms with Crippen LogP contribution in [0.15, 0.2) is 30.3 Å². The molecule has 2 amide bonds. The normalized spacial score (nSPS) is 19.7. The zero-order chi connectivity index (χ0) is 24.3. The summed E-state index contributed by atoms with van der Waals surface area (Å²) in [7, 11) is 0. The van der Waals surface area contributed by atoms with E-state index in [1.54, 1.807) is 18.2 Å². The van der Waals surface area contributed by atoms with Gasteiger partial charge in [-0.1, -0.05) is 63.2 Å². The van der Waals surface area contributed by atoms with Crippen LogP contribution in [0.4, 0.5) is 18.0 Å². The zero-order valence-electron chi connectivity index (χ0n) is 18.9. The number of halogens is 4. The number of rotatable bonds is 3. The lowest BCUT2D eigenvalue weighted by Gasteiger charge is -2.42. The molecule has 176 valence electrons. The van der Waals surface area contributed by atoms with Gasteiger partial charge in [-0.3, -0.25) is 14.5 Å². The number of alkyl halides is 3. The third-order valence-corrected chi connectivity index (χ3v) is 7.97. The number of fused-ring (bicyclic) bond motifs is 1. The minimum atomic E-state index is -4.55. The highest BCUT2D eigenvalue weighted by Crippen LogP contribution is 2.50. The van der Waals surface area contributed by atoms with Gasteiger partial charge in [0.25, 0.3) is 5.24 Å². The summed E-state index contributed by atoms with van der Waals surface area (Å²) >= 11 is 7.43. The average molecular weight is 496 g/mol. The molecular weight excluding hydrogens is 471 g/mol. The molecule has 0 saturated carbocycles. The lowest BCUT2D eigenvalue weighted by atomic mass is 9.62. The summed E-state index contributed by atoms with van der Waals surface area (Å²) in [5.74, 6) is -0.190. The summed E-state index contributed by atoms with van der Waals surface area (Å²) in [6, 6.07) is 7.67. The fourth-order valence-electron chi connectivity index (χ4n) is 4.66. The number of carbonyl (C=O) groups excluding carboxylic acids is 2. The van der Waals surface area contributed by atoms with Crippen LogP contribution in [-0.4, -0.2) is 21.8 Å². The van der Waals surface area contributed by atoms with E-state index in [0.29, 0.717) is 5.56 Å². The van der Waals surface area contributed by atoms with Gasteiger partial charge in [0.15, 0.2) is 0 Å². The Kier molecular flexibility index (Phi) is 5.89. The van der Waals surface area contributed by atoms with Crippen molar-refractivity contribution in [3.8, 4) is 11.1 Å². The van der Waals surface area contributed by atoms with Crippen molar-refractivity contribution in [3.63, 3.8) is 0 Å². The molecule has 1 aliphatic heterocycles. The van der Waals surface area contributed by atoms with Crippen molar-refractivity contribution in [2.45, 2.75) is 64.1 Å². The Labute approximate surface area is 200 Å². The largest absolute Gasteiger partial charge is 0.417 e. The number of hydrogen-bond donors (Lipinski definition) is 0. The molecule has 3 nitrogen and oxygen atoms in total. The van der Waals surface area contributed by atoms with E-state index in [0.717, 1.165) is 40.6 Å². The van der Waals surface area contributed by atoms with Crippen LogP contribution in [0.3, 0.4) is 0 Å². The predicted molar refractivity (Wildman–Crippen MR) is 126 cm³/mol. The monoisotopic (exact) mass is 495 g/mol. The SMILES string of the molecule is CC1(C)CCC(C)(C)c2cc(C(F)(F)F)c(-c3ccc(CN4C(=O)CSC4=O)cc3Cl)cc21. The van der Waals surface area contributed by atoms with Crippen molar-refractivity contribution in [1.29, 1.82) is 0 Å². The molecular formula is C25H25ClF3NO2S. The summed E-state index contributed by atoms with van der Waals surface area (Å²) in [4.78, 5) is 24.9. The van der Waals surface area contributed by atoms with Gasteiger partial charge in [0.1, 0.15) is 0 Å². The Morgan fingerprint density at radius 1 is 0.970 bits per heavy atom. The van der Waals surface area contributed by atoms with Crippen LogP contribution in [0.5, 0.6) is 0 Å². The van der Waals surface area contributed by atoms with Crippen molar-refractivity contribution in [3.05, 3.63) is 57.6 Å². The minimum absolute atomic E-state index is 0.0439. The van der Waals surface area contributed by atoms with Crippen molar-refractivity contribution in [1.82, 2.24) is 4.90 Å². The Bertz CT molecular complexity index is 1140. The molecule has 0 radical (unpaired) electrons. The highest BCUT2D eigenvalue weighted by Gasteiger charge is 2.42. The van der Waals surface area contributed by atoms with Crippen LogP contribution >= 0.6 is 23.4 Å². The Morgan fingerprint density at radius 2 is 1.58 bits per heavy atom. The first-order valence-electron chi connectivity index (χ1n) is 10.7. The maximum atomic E-state index is 14.2. The Balaban J connectivity index is 1.83. The van der Waals surface area contributed by atoms with Crippen molar-refractivity contribution in [2.75, 3.05) is 5.75 Å². The van der Waals surface area contributed by atoms with E-state index in [1.807, 2.05) is 13.8 Å². The standard InChI is InChI=1S/C25H25ClF3NO2S/c1-23(2)7-8-24(3,4)19-11-17(25(27,28)29)16(10-18(19)23)15-6-5-14(9-20(15)26)12-30-21(31)13-33-22(30)32/h5-6,9-11H,7-8,12-13H2,1-4H3. The van der Waals surface area contributed by atoms with Gasteiger partial charge in [-0.05, 0) is 64.1 Å². The van der Waals surface area contributed by atoms with Gasteiger partial charge in [0.05, 0.1) is 17.9 Å². The molecule has 2 aromatic carbocycles. The lowest BCUT2D eigenvalue weighted by molar-refractivity contribution is -0.137. The van der Waals surface area contributed by atoms with E-state index in [9.17, 15) is 22.8 Å². The first-order chi connectivity index (χ1) is 15.2. The highest BCUT2D eigenvalue weighted by molar-refractivity contribution is 8.14. The molecule has 4 rings (SSSR count). The van der Waals surface area contributed by atoms with Crippen LogP contribution in [0.25, 0.3) is 11.1 Å². The molecule has 2 aliphatic rings. The van der Waals surface area contributed by atoms with Gasteiger partial charge in [0.2, 0.25) is 5.91 Å². The molecule has 1 saturated heterocycles. The lowest BCUT2D eigenvalue weighted by Crippen LogP contribution is -2.34. The Hall–Kier alpha value is -1.99. The van der Waals surface area contributed by atoms with Crippen LogP contribution < -0.4 is 0 Å². The smallest absolute Gasteiger partial charge is 0.273 e. The molecule has 0 N–H and O–H groups in total. The molecule has 1 fully saturated rings. The fraction of sp³-hybridized carbons (Fsp3) is 0.440. The summed E-state index contributed by atoms with van der Waals surface area (Å²) in [6.45, 7) is 8.14. The van der Waals surface area contributed by atoms with Crippen LogP contribution in [-0.2, 0) is 28.3 Å². The number of amides is 2. The Morgan fingerprint density at radius 3 is 2.09 bits per heavy atom. The van der Waals surface area contributed by atoms with Crippen molar-refractivity contribution >= 4 is 34.5 Å². The van der Waals surface area contributed by atoms with Crippen molar-refractivity contribution < 1.29 is 22.8 Å². The maximum Gasteiger partial charge on any atom is 0.417 e. The number of nitrogens with zero attached hydrogens (tertiary/aromatic N) is 1. The van der Waals surface area contributed by atoms with E-state index in [1.165, 1.54) is 12.1 Å². The van der Waals surface area contributed by atoms with Gasteiger partial charge in [-0.25, -0.2) is 0 Å². The average Bonchev–Trinajstić information content (AvgIpc) is 3.02. The maximum absolute atomic E-state index is 14.2. The molecule has 2 aromatic rings. The minimum Gasteiger partial charge on any atom is -0.273 e. The zero-order valence-corrected chi connectivity index (χ0v) is 20.5. The predicted octanol–water partition coefficient (Wildman–Crippen LogP) is 7.57. The molecule has 1 heterocycles. The van der Waals surface area contributed by atoms with Crippen LogP contribution in [0, 0.1) is 0 Å². The first kappa shape index (κ1) is 24.1. The van der Waals surface area contributed by atoms with Crippen molar-refractivity contribution in [2.24, 2.45) is 0 Å². The molecule has 0 spiro atoms. The van der Waals surface area contributed by atoms with E-state index in [-0.39, 0.29) is 50.4 Å². The summed E-state index contributed by atoms with van der Waals surface area (Å²) < 4.78 is 42.6. The molecule has 0 unspecified atom stereocenters. The molecule has 1 aliphatic carbocycles. The molecule has 0 aromatic heterocycles. The molecule has 0 atom stereocenters. The van der Waals surface area contributed by atoms with E-state index < -0.39 is 11.7 Å². The highest BCUT2D eigenvalue weighted by atomic mass is 35.5. The van der Waals surface area contributed by atoms with Crippen LogP contribution in [0.2, 0.25) is 5.02 Å². The number of thioether (sulfide) groups is 1. The summed E-state index contributed by atoms with van der Waals surface area (Å²) in [5, 5.41) is -0.184.